The molecule has 0 unspecified atom stereocenters. The fourth-order valence-corrected chi connectivity index (χ4v) is 3.96. The van der Waals surface area contributed by atoms with Crippen LogP contribution in [0.25, 0.3) is 0 Å². The summed E-state index contributed by atoms with van der Waals surface area (Å²) in [5.41, 5.74) is 4.19. The first-order valence-electron chi connectivity index (χ1n) is 7.78. The zero-order chi connectivity index (χ0) is 17.6. The first-order chi connectivity index (χ1) is 12.1. The summed E-state index contributed by atoms with van der Waals surface area (Å²) in [6.45, 7) is 0.141. The maximum Gasteiger partial charge on any atom is 0.188 e. The van der Waals surface area contributed by atoms with Gasteiger partial charge in [-0.05, 0) is 10.9 Å². The van der Waals surface area contributed by atoms with Gasteiger partial charge in [0.25, 0.3) is 0 Å². The third-order valence-corrected chi connectivity index (χ3v) is 5.22. The van der Waals surface area contributed by atoms with Crippen molar-refractivity contribution in [2.45, 2.75) is 6.42 Å². The lowest BCUT2D eigenvalue weighted by Crippen LogP contribution is -2.24. The van der Waals surface area contributed by atoms with E-state index in [1.165, 1.54) is 5.56 Å². The number of hydrogen-bond acceptors (Lipinski definition) is 6. The number of allylic oxidation sites excluding steroid dienone is 1. The molecule has 128 valence electrons. The van der Waals surface area contributed by atoms with Crippen molar-refractivity contribution in [3.8, 4) is 11.5 Å². The molecule has 0 amide bonds. The van der Waals surface area contributed by atoms with Crippen LogP contribution in [0.4, 0.5) is 11.4 Å². The van der Waals surface area contributed by atoms with Gasteiger partial charge in [-0.2, -0.15) is 0 Å². The molecule has 6 nitrogen and oxygen atoms in total. The number of methoxy groups -OCH3 is 2. The number of fused-ring (bicyclic) bond motifs is 1. The Labute approximate surface area is 149 Å². The minimum atomic E-state index is -0.0527. The number of benzene rings is 1. The van der Waals surface area contributed by atoms with Crippen LogP contribution in [0.5, 0.6) is 11.5 Å². The van der Waals surface area contributed by atoms with E-state index in [2.05, 4.69) is 10.7 Å². The van der Waals surface area contributed by atoms with Crippen LogP contribution in [-0.4, -0.2) is 32.4 Å². The second-order valence-electron chi connectivity index (χ2n) is 5.89. The fraction of sp³-hybridized carbons (Fsp3) is 0.222. The van der Waals surface area contributed by atoms with E-state index in [0.29, 0.717) is 29.2 Å². The summed E-state index contributed by atoms with van der Waals surface area (Å²) in [5, 5.41) is 15.9. The van der Waals surface area contributed by atoms with Gasteiger partial charge >= 0.3 is 0 Å². The number of anilines is 2. The van der Waals surface area contributed by atoms with Crippen LogP contribution in [0, 0.1) is 5.41 Å². The zero-order valence-corrected chi connectivity index (χ0v) is 14.7. The van der Waals surface area contributed by atoms with Crippen molar-refractivity contribution in [1.82, 2.24) is 0 Å². The molecule has 0 spiro atoms. The van der Waals surface area contributed by atoms with E-state index in [-0.39, 0.29) is 18.2 Å². The Morgan fingerprint density at radius 3 is 2.52 bits per heavy atom. The average molecular weight is 355 g/mol. The van der Waals surface area contributed by atoms with Gasteiger partial charge in [0, 0.05) is 35.7 Å². The first-order valence-corrected chi connectivity index (χ1v) is 8.73. The monoisotopic (exact) mass is 355 g/mol. The molecule has 0 aliphatic carbocycles. The van der Waals surface area contributed by atoms with Crippen molar-refractivity contribution >= 4 is 34.3 Å². The zero-order valence-electron chi connectivity index (χ0n) is 13.9. The molecule has 2 aliphatic heterocycles. The molecule has 2 aromatic rings. The largest absolute Gasteiger partial charge is 0.497 e. The predicted octanol–water partition coefficient (Wildman–Crippen LogP) is 3.05. The van der Waals surface area contributed by atoms with Crippen LogP contribution in [0.3, 0.4) is 0 Å². The normalized spacial score (nSPS) is 19.2. The minimum Gasteiger partial charge on any atom is -0.497 e. The van der Waals surface area contributed by atoms with Crippen LogP contribution >= 0.6 is 11.3 Å². The highest BCUT2D eigenvalue weighted by molar-refractivity contribution is 7.08. The molecule has 3 heterocycles. The Balaban J connectivity index is 1.70. The van der Waals surface area contributed by atoms with Gasteiger partial charge in [0.05, 0.1) is 37.7 Å². The summed E-state index contributed by atoms with van der Waals surface area (Å²) in [7, 11) is 3.15. The number of ether oxygens (including phenoxy) is 2. The van der Waals surface area contributed by atoms with Crippen molar-refractivity contribution < 1.29 is 14.3 Å². The van der Waals surface area contributed by atoms with Crippen molar-refractivity contribution in [2.75, 3.05) is 31.0 Å². The van der Waals surface area contributed by atoms with E-state index < -0.39 is 0 Å². The first kappa shape index (κ1) is 15.7. The highest BCUT2D eigenvalue weighted by Gasteiger charge is 2.36. The van der Waals surface area contributed by atoms with Gasteiger partial charge in [-0.15, -0.1) is 11.3 Å². The van der Waals surface area contributed by atoms with E-state index in [9.17, 15) is 4.79 Å². The number of ketones is 1. The molecule has 0 radical (unpaired) electrons. The third kappa shape index (κ3) is 2.56. The number of amidine groups is 1. The van der Waals surface area contributed by atoms with E-state index >= 15 is 0 Å². The quantitative estimate of drug-likeness (QED) is 0.828. The summed E-state index contributed by atoms with van der Waals surface area (Å²) in [5.74, 6) is 1.40. The Hall–Kier alpha value is -2.80. The van der Waals surface area contributed by atoms with Crippen molar-refractivity contribution in [1.29, 1.82) is 5.41 Å². The molecular formula is C18H17N3O3S. The molecule has 1 saturated heterocycles. The van der Waals surface area contributed by atoms with Gasteiger partial charge in [-0.25, -0.2) is 0 Å². The molecule has 4 rings (SSSR count). The van der Waals surface area contributed by atoms with Crippen molar-refractivity contribution in [3.63, 3.8) is 0 Å². The molecule has 0 bridgehead atoms. The Kier molecular flexibility index (Phi) is 3.73. The topological polar surface area (TPSA) is 74.7 Å². The number of carbonyl (C=O) groups excluding carboxylic acids is 1. The van der Waals surface area contributed by atoms with Crippen LogP contribution < -0.4 is 19.7 Å². The Bertz CT molecular complexity index is 871. The number of nitrogens with one attached hydrogen (secondary N) is 2. The number of carbonyl (C=O) groups is 1. The second-order valence-corrected chi connectivity index (χ2v) is 6.64. The van der Waals surface area contributed by atoms with Gasteiger partial charge in [0.2, 0.25) is 0 Å². The number of nitrogens with zero attached hydrogens (tertiary/aromatic N) is 1. The fourth-order valence-electron chi connectivity index (χ4n) is 3.17. The molecular weight excluding hydrogens is 338 g/mol. The maximum atomic E-state index is 12.6. The summed E-state index contributed by atoms with van der Waals surface area (Å²) < 4.78 is 10.6. The predicted molar refractivity (Wildman–Crippen MR) is 98.3 cm³/mol. The lowest BCUT2D eigenvalue weighted by atomic mass is 10.1. The molecule has 2 N–H and O–H groups in total. The van der Waals surface area contributed by atoms with E-state index in [1.54, 1.807) is 48.7 Å². The van der Waals surface area contributed by atoms with E-state index in [1.807, 2.05) is 5.38 Å². The van der Waals surface area contributed by atoms with Gasteiger partial charge in [0.1, 0.15) is 17.3 Å². The van der Waals surface area contributed by atoms with E-state index in [4.69, 9.17) is 14.9 Å². The number of thiophene rings is 1. The number of Topliss-reactive ketones (excluding diaryl/α,β-unsaturated/α-hetero) is 1. The summed E-state index contributed by atoms with van der Waals surface area (Å²) in [6, 6.07) is 5.37. The highest BCUT2D eigenvalue weighted by atomic mass is 32.1. The number of hydrogen-bond donors (Lipinski definition) is 2. The molecule has 1 aromatic heterocycles. The Morgan fingerprint density at radius 1 is 1.16 bits per heavy atom. The van der Waals surface area contributed by atoms with Crippen LogP contribution in [0.15, 0.2) is 40.2 Å². The summed E-state index contributed by atoms with van der Waals surface area (Å²) >= 11 is 1.63. The maximum absolute atomic E-state index is 12.6. The van der Waals surface area contributed by atoms with Gasteiger partial charge in [-0.3, -0.25) is 10.2 Å². The molecule has 0 saturated carbocycles. The average Bonchev–Trinajstić information content (AvgIpc) is 3.27. The molecule has 25 heavy (non-hydrogen) atoms. The van der Waals surface area contributed by atoms with E-state index in [0.717, 1.165) is 11.4 Å². The summed E-state index contributed by atoms with van der Waals surface area (Å²) in [6.07, 6.45) is 0.664. The molecule has 1 fully saturated rings. The molecule has 2 aliphatic rings. The summed E-state index contributed by atoms with van der Waals surface area (Å²) in [4.78, 5) is 14.3. The standard InChI is InChI=1S/C18H17N3O3S/c1-23-12-4-11(5-13(6-12)24-2)21-7-16(22)17(18(21)19)14-3-10-8-25-9-15(10)20-14/h4-6,8-9,19-20H,3,7H2,1-2H3. The molecule has 7 heteroatoms. The SMILES string of the molecule is COc1cc(OC)cc(N2CC(=O)C(=C3Cc4cscc4N3)C2=N)c1. The van der Waals surface area contributed by atoms with Gasteiger partial charge < -0.3 is 19.7 Å². The van der Waals surface area contributed by atoms with Crippen LogP contribution in [0.2, 0.25) is 0 Å². The minimum absolute atomic E-state index is 0.0527. The van der Waals surface area contributed by atoms with Crippen LogP contribution in [-0.2, 0) is 11.2 Å². The second kappa shape index (κ2) is 5.93. The van der Waals surface area contributed by atoms with Gasteiger partial charge in [-0.1, -0.05) is 0 Å². The molecule has 0 atom stereocenters. The highest BCUT2D eigenvalue weighted by Crippen LogP contribution is 2.36. The van der Waals surface area contributed by atoms with Gasteiger partial charge in [0.15, 0.2) is 5.78 Å². The molecule has 1 aromatic carbocycles. The smallest absolute Gasteiger partial charge is 0.188 e. The lowest BCUT2D eigenvalue weighted by Gasteiger charge is -2.19. The Morgan fingerprint density at radius 2 is 1.88 bits per heavy atom. The lowest BCUT2D eigenvalue weighted by molar-refractivity contribution is -0.113. The number of rotatable bonds is 3. The van der Waals surface area contributed by atoms with Crippen molar-refractivity contribution in [2.24, 2.45) is 0 Å². The third-order valence-electron chi connectivity index (χ3n) is 4.43. The van der Waals surface area contributed by atoms with Crippen molar-refractivity contribution in [3.05, 3.63) is 45.8 Å². The van der Waals surface area contributed by atoms with Crippen LogP contribution in [0.1, 0.15) is 5.56 Å².